The van der Waals surface area contributed by atoms with Crippen molar-refractivity contribution in [2.45, 2.75) is 19.8 Å². The highest BCUT2D eigenvalue weighted by Crippen LogP contribution is 2.25. The van der Waals surface area contributed by atoms with Gasteiger partial charge >= 0.3 is 0 Å². The number of aryl methyl sites for hydroxylation is 1. The average molecular weight is 340 g/mol. The van der Waals surface area contributed by atoms with E-state index in [1.165, 1.54) is 0 Å². The van der Waals surface area contributed by atoms with E-state index in [9.17, 15) is 9.59 Å². The zero-order valence-corrected chi connectivity index (χ0v) is 14.7. The molecule has 3 rings (SSSR count). The molecule has 1 aromatic heterocycles. The van der Waals surface area contributed by atoms with E-state index in [-0.39, 0.29) is 24.3 Å². The van der Waals surface area contributed by atoms with Crippen LogP contribution in [0.15, 0.2) is 30.5 Å². The number of nitrogens with one attached hydrogen (secondary N) is 2. The van der Waals surface area contributed by atoms with Crippen molar-refractivity contribution in [3.05, 3.63) is 36.0 Å². The van der Waals surface area contributed by atoms with E-state index in [0.717, 1.165) is 35.0 Å². The van der Waals surface area contributed by atoms with Crippen molar-refractivity contribution < 1.29 is 9.59 Å². The number of amides is 2. The Kier molecular flexibility index (Phi) is 5.16. The molecule has 0 saturated carbocycles. The first kappa shape index (κ1) is 17.2. The van der Waals surface area contributed by atoms with Crippen molar-refractivity contribution in [1.82, 2.24) is 15.2 Å². The highest BCUT2D eigenvalue weighted by Gasteiger charge is 2.26. The molecule has 1 aliphatic heterocycles. The number of likely N-dealkylation sites (tertiary alicyclic amines) is 1. The zero-order chi connectivity index (χ0) is 17.8. The molecule has 1 fully saturated rings. The van der Waals surface area contributed by atoms with E-state index in [4.69, 9.17) is 0 Å². The summed E-state index contributed by atoms with van der Waals surface area (Å²) in [7, 11) is 1.66. The van der Waals surface area contributed by atoms with E-state index in [1.807, 2.05) is 36.1 Å². The summed E-state index contributed by atoms with van der Waals surface area (Å²) in [5.74, 6) is 0.160. The third-order valence-electron chi connectivity index (χ3n) is 4.87. The maximum absolute atomic E-state index is 12.5. The molecule has 2 N–H and O–H groups in total. The van der Waals surface area contributed by atoms with Gasteiger partial charge in [-0.25, -0.2) is 0 Å². The Balaban J connectivity index is 1.62. The summed E-state index contributed by atoms with van der Waals surface area (Å²) >= 11 is 0. The first-order chi connectivity index (χ1) is 12.1. The Morgan fingerprint density at radius 2 is 2.00 bits per heavy atom. The van der Waals surface area contributed by atoms with Crippen LogP contribution in [-0.4, -0.2) is 48.4 Å². The lowest BCUT2D eigenvalue weighted by molar-refractivity contribution is -0.134. The SMILES string of the molecule is CNC(=O)C1CCN(C(=O)CNc2c(C)ccc3ncccc23)CC1. The predicted octanol–water partition coefficient (Wildman–Crippen LogP) is 1.94. The second-order valence-electron chi connectivity index (χ2n) is 6.45. The molecule has 0 aliphatic carbocycles. The van der Waals surface area contributed by atoms with Crippen molar-refractivity contribution >= 4 is 28.4 Å². The number of fused-ring (bicyclic) bond motifs is 1. The maximum atomic E-state index is 12.5. The second kappa shape index (κ2) is 7.51. The van der Waals surface area contributed by atoms with Crippen molar-refractivity contribution in [2.75, 3.05) is 32.0 Å². The van der Waals surface area contributed by atoms with Crippen LogP contribution in [0.5, 0.6) is 0 Å². The highest BCUT2D eigenvalue weighted by molar-refractivity contribution is 5.94. The maximum Gasteiger partial charge on any atom is 0.241 e. The molecule has 0 bridgehead atoms. The summed E-state index contributed by atoms with van der Waals surface area (Å²) in [4.78, 5) is 30.4. The molecule has 2 aromatic rings. The minimum Gasteiger partial charge on any atom is -0.375 e. The molecule has 2 amide bonds. The Bertz CT molecular complexity index is 782. The number of hydrogen-bond donors (Lipinski definition) is 2. The highest BCUT2D eigenvalue weighted by atomic mass is 16.2. The number of benzene rings is 1. The van der Waals surface area contributed by atoms with Crippen LogP contribution in [0.4, 0.5) is 5.69 Å². The number of rotatable bonds is 4. The summed E-state index contributed by atoms with van der Waals surface area (Å²) in [6.07, 6.45) is 3.22. The molecule has 6 nitrogen and oxygen atoms in total. The Hall–Kier alpha value is -2.63. The molecule has 2 heterocycles. The average Bonchev–Trinajstić information content (AvgIpc) is 2.66. The Labute approximate surface area is 147 Å². The van der Waals surface area contributed by atoms with Crippen LogP contribution in [0, 0.1) is 12.8 Å². The topological polar surface area (TPSA) is 74.3 Å². The summed E-state index contributed by atoms with van der Waals surface area (Å²) in [6.45, 7) is 3.54. The van der Waals surface area contributed by atoms with Crippen LogP contribution < -0.4 is 10.6 Å². The lowest BCUT2D eigenvalue weighted by Gasteiger charge is -2.31. The van der Waals surface area contributed by atoms with Gasteiger partial charge < -0.3 is 15.5 Å². The van der Waals surface area contributed by atoms with Gasteiger partial charge in [-0.15, -0.1) is 0 Å². The van der Waals surface area contributed by atoms with Gasteiger partial charge in [0.25, 0.3) is 0 Å². The van der Waals surface area contributed by atoms with Crippen LogP contribution in [0.1, 0.15) is 18.4 Å². The van der Waals surface area contributed by atoms with E-state index >= 15 is 0 Å². The van der Waals surface area contributed by atoms with Gasteiger partial charge in [-0.2, -0.15) is 0 Å². The molecule has 0 radical (unpaired) electrons. The number of carbonyl (C=O) groups excluding carboxylic acids is 2. The van der Waals surface area contributed by atoms with Gasteiger partial charge in [0, 0.05) is 43.3 Å². The number of carbonyl (C=O) groups is 2. The fraction of sp³-hybridized carbons (Fsp3) is 0.421. The van der Waals surface area contributed by atoms with E-state index in [1.54, 1.807) is 13.2 Å². The fourth-order valence-corrected chi connectivity index (χ4v) is 3.37. The quantitative estimate of drug-likeness (QED) is 0.892. The molecule has 132 valence electrons. The number of aromatic nitrogens is 1. The van der Waals surface area contributed by atoms with Gasteiger partial charge in [-0.3, -0.25) is 14.6 Å². The normalized spacial score (nSPS) is 15.2. The molecular weight excluding hydrogens is 316 g/mol. The minimum absolute atomic E-state index is 0.0217. The molecule has 25 heavy (non-hydrogen) atoms. The first-order valence-electron chi connectivity index (χ1n) is 8.67. The summed E-state index contributed by atoms with van der Waals surface area (Å²) < 4.78 is 0. The third kappa shape index (κ3) is 3.73. The van der Waals surface area contributed by atoms with Gasteiger partial charge in [0.05, 0.1) is 12.1 Å². The lowest BCUT2D eigenvalue weighted by atomic mass is 9.96. The van der Waals surface area contributed by atoms with Gasteiger partial charge in [0.1, 0.15) is 0 Å². The zero-order valence-electron chi connectivity index (χ0n) is 14.7. The molecule has 1 aromatic carbocycles. The minimum atomic E-state index is 0.0217. The molecule has 0 atom stereocenters. The fourth-order valence-electron chi connectivity index (χ4n) is 3.37. The standard InChI is InChI=1S/C19H24N4O2/c1-13-5-6-16-15(4-3-9-21-16)18(13)22-12-17(24)23-10-7-14(8-11-23)19(25)20-2/h3-6,9,14,22H,7-8,10-12H2,1-2H3,(H,20,25). The van der Waals surface area contributed by atoms with Crippen molar-refractivity contribution in [1.29, 1.82) is 0 Å². The van der Waals surface area contributed by atoms with E-state index < -0.39 is 0 Å². The molecule has 0 spiro atoms. The Morgan fingerprint density at radius 3 is 2.72 bits per heavy atom. The number of nitrogens with zero attached hydrogens (tertiary/aromatic N) is 2. The number of hydrogen-bond acceptors (Lipinski definition) is 4. The summed E-state index contributed by atoms with van der Waals surface area (Å²) in [5, 5.41) is 7.00. The summed E-state index contributed by atoms with van der Waals surface area (Å²) in [6, 6.07) is 7.91. The van der Waals surface area contributed by atoms with E-state index in [2.05, 4.69) is 15.6 Å². The van der Waals surface area contributed by atoms with Crippen LogP contribution >= 0.6 is 0 Å². The van der Waals surface area contributed by atoms with Gasteiger partial charge in [-0.05, 0) is 43.5 Å². The molecule has 1 saturated heterocycles. The molecular formula is C19H24N4O2. The van der Waals surface area contributed by atoms with Crippen LogP contribution in [0.2, 0.25) is 0 Å². The smallest absolute Gasteiger partial charge is 0.241 e. The van der Waals surface area contributed by atoms with Gasteiger partial charge in [0.2, 0.25) is 11.8 Å². The van der Waals surface area contributed by atoms with Crippen molar-refractivity contribution in [2.24, 2.45) is 5.92 Å². The lowest BCUT2D eigenvalue weighted by Crippen LogP contribution is -2.44. The third-order valence-corrected chi connectivity index (χ3v) is 4.87. The van der Waals surface area contributed by atoms with E-state index in [0.29, 0.717) is 13.1 Å². The van der Waals surface area contributed by atoms with Crippen LogP contribution in [-0.2, 0) is 9.59 Å². The van der Waals surface area contributed by atoms with Crippen molar-refractivity contribution in [3.8, 4) is 0 Å². The van der Waals surface area contributed by atoms with Gasteiger partial charge in [-0.1, -0.05) is 6.07 Å². The van der Waals surface area contributed by atoms with Crippen LogP contribution in [0.25, 0.3) is 10.9 Å². The first-order valence-corrected chi connectivity index (χ1v) is 8.67. The number of anilines is 1. The molecule has 0 unspecified atom stereocenters. The van der Waals surface area contributed by atoms with Crippen LogP contribution in [0.3, 0.4) is 0 Å². The summed E-state index contributed by atoms with van der Waals surface area (Å²) in [5.41, 5.74) is 2.96. The number of pyridine rings is 1. The molecule has 6 heteroatoms. The largest absolute Gasteiger partial charge is 0.375 e. The Morgan fingerprint density at radius 1 is 1.24 bits per heavy atom. The predicted molar refractivity (Wildman–Crippen MR) is 98.3 cm³/mol. The van der Waals surface area contributed by atoms with Crippen molar-refractivity contribution in [3.63, 3.8) is 0 Å². The van der Waals surface area contributed by atoms with Gasteiger partial charge in [0.15, 0.2) is 0 Å². The number of piperidine rings is 1. The molecule has 1 aliphatic rings. The second-order valence-corrected chi connectivity index (χ2v) is 6.45. The monoisotopic (exact) mass is 340 g/mol.